The van der Waals surface area contributed by atoms with Crippen molar-refractivity contribution in [3.05, 3.63) is 30.1 Å². The molecule has 0 bridgehead atoms. The third kappa shape index (κ3) is 1.00. The van der Waals surface area contributed by atoms with Crippen LogP contribution in [-0.4, -0.2) is 9.97 Å². The summed E-state index contributed by atoms with van der Waals surface area (Å²) in [5.41, 5.74) is 2.24. The first-order valence-electron chi connectivity index (χ1n) is 3.83. The molecule has 2 heterocycles. The molecule has 0 saturated carbocycles. The maximum absolute atomic E-state index is 4.19. The van der Waals surface area contributed by atoms with Gasteiger partial charge in [0.05, 0.1) is 0 Å². The van der Waals surface area contributed by atoms with E-state index in [-0.39, 0.29) is 0 Å². The smallest absolute Gasteiger partial charge is 0.137 e. The molecule has 1 N–H and O–H groups in total. The number of nitrogens with zero attached hydrogens (tertiary/aromatic N) is 1. The summed E-state index contributed by atoms with van der Waals surface area (Å²) in [6.45, 7) is 2.13. The first kappa shape index (κ1) is 6.40. The SMILES string of the molecule is CCc1cc2cccnc2[nH]1. The van der Waals surface area contributed by atoms with Crippen molar-refractivity contribution in [2.24, 2.45) is 0 Å². The number of aromatic amines is 1. The van der Waals surface area contributed by atoms with Gasteiger partial charge < -0.3 is 4.98 Å². The number of nitrogens with one attached hydrogen (secondary N) is 1. The van der Waals surface area contributed by atoms with E-state index < -0.39 is 0 Å². The predicted molar refractivity (Wildman–Crippen MR) is 45.5 cm³/mol. The fraction of sp³-hybridized carbons (Fsp3) is 0.222. The van der Waals surface area contributed by atoms with Gasteiger partial charge in [-0.3, -0.25) is 0 Å². The normalized spacial score (nSPS) is 10.6. The van der Waals surface area contributed by atoms with E-state index in [1.54, 1.807) is 6.20 Å². The molecule has 2 aromatic heterocycles. The Morgan fingerprint density at radius 2 is 2.45 bits per heavy atom. The fourth-order valence-corrected chi connectivity index (χ4v) is 1.20. The third-order valence-electron chi connectivity index (χ3n) is 1.83. The summed E-state index contributed by atoms with van der Waals surface area (Å²) >= 11 is 0. The molecule has 0 amide bonds. The van der Waals surface area contributed by atoms with Gasteiger partial charge in [0.2, 0.25) is 0 Å². The van der Waals surface area contributed by atoms with E-state index in [0.717, 1.165) is 12.1 Å². The zero-order chi connectivity index (χ0) is 7.68. The van der Waals surface area contributed by atoms with Crippen molar-refractivity contribution in [1.82, 2.24) is 9.97 Å². The summed E-state index contributed by atoms with van der Waals surface area (Å²) in [5.74, 6) is 0. The van der Waals surface area contributed by atoms with E-state index in [9.17, 15) is 0 Å². The Kier molecular flexibility index (Phi) is 1.39. The first-order valence-corrected chi connectivity index (χ1v) is 3.83. The monoisotopic (exact) mass is 146 g/mol. The lowest BCUT2D eigenvalue weighted by Gasteiger charge is -1.84. The van der Waals surface area contributed by atoms with E-state index in [1.165, 1.54) is 11.1 Å². The average Bonchev–Trinajstić information content (AvgIpc) is 2.46. The highest BCUT2D eigenvalue weighted by Crippen LogP contribution is 2.11. The van der Waals surface area contributed by atoms with Gasteiger partial charge in [0, 0.05) is 17.3 Å². The van der Waals surface area contributed by atoms with Gasteiger partial charge >= 0.3 is 0 Å². The standard InChI is InChI=1S/C9H10N2/c1-2-8-6-7-4-3-5-10-9(7)11-8/h3-6H,2H2,1H3,(H,10,11). The lowest BCUT2D eigenvalue weighted by molar-refractivity contribution is 1.07. The summed E-state index contributed by atoms with van der Waals surface area (Å²) in [4.78, 5) is 7.43. The highest BCUT2D eigenvalue weighted by molar-refractivity contribution is 5.76. The van der Waals surface area contributed by atoms with Crippen molar-refractivity contribution in [3.8, 4) is 0 Å². The minimum atomic E-state index is 0.990. The Bertz CT molecular complexity index is 329. The summed E-state index contributed by atoms with van der Waals surface area (Å²) in [6.07, 6.45) is 2.84. The van der Waals surface area contributed by atoms with Gasteiger partial charge in [-0.1, -0.05) is 6.92 Å². The molecular formula is C9H10N2. The van der Waals surface area contributed by atoms with Crippen LogP contribution in [0.5, 0.6) is 0 Å². The fourth-order valence-electron chi connectivity index (χ4n) is 1.20. The van der Waals surface area contributed by atoms with Crippen LogP contribution in [0.25, 0.3) is 11.0 Å². The molecule has 2 aromatic rings. The van der Waals surface area contributed by atoms with Gasteiger partial charge in [-0.25, -0.2) is 4.98 Å². The zero-order valence-electron chi connectivity index (χ0n) is 6.46. The Morgan fingerprint density at radius 3 is 3.18 bits per heavy atom. The molecule has 0 unspecified atom stereocenters. The lowest BCUT2D eigenvalue weighted by Crippen LogP contribution is -1.76. The minimum Gasteiger partial charge on any atom is -0.343 e. The molecule has 56 valence electrons. The van der Waals surface area contributed by atoms with Crippen molar-refractivity contribution < 1.29 is 0 Å². The second kappa shape index (κ2) is 2.38. The highest BCUT2D eigenvalue weighted by atomic mass is 14.8. The molecule has 0 fully saturated rings. The molecule has 0 aliphatic carbocycles. The van der Waals surface area contributed by atoms with Gasteiger partial charge in [-0.2, -0.15) is 0 Å². The largest absolute Gasteiger partial charge is 0.343 e. The van der Waals surface area contributed by atoms with E-state index in [0.29, 0.717) is 0 Å². The Hall–Kier alpha value is -1.31. The van der Waals surface area contributed by atoms with Crippen LogP contribution in [0.4, 0.5) is 0 Å². The van der Waals surface area contributed by atoms with Crippen LogP contribution >= 0.6 is 0 Å². The number of fused-ring (bicyclic) bond motifs is 1. The van der Waals surface area contributed by atoms with Crippen LogP contribution in [0.1, 0.15) is 12.6 Å². The van der Waals surface area contributed by atoms with E-state index in [2.05, 4.69) is 29.0 Å². The van der Waals surface area contributed by atoms with Gasteiger partial charge in [-0.15, -0.1) is 0 Å². The van der Waals surface area contributed by atoms with Gasteiger partial charge in [-0.05, 0) is 24.6 Å². The molecule has 11 heavy (non-hydrogen) atoms. The molecule has 0 atom stereocenters. The number of H-pyrrole nitrogens is 1. The molecule has 0 aromatic carbocycles. The number of aryl methyl sites for hydroxylation is 1. The zero-order valence-corrected chi connectivity index (χ0v) is 6.46. The van der Waals surface area contributed by atoms with Crippen LogP contribution in [0.2, 0.25) is 0 Å². The average molecular weight is 146 g/mol. The molecule has 2 heteroatoms. The quantitative estimate of drug-likeness (QED) is 0.656. The second-order valence-electron chi connectivity index (χ2n) is 2.59. The van der Waals surface area contributed by atoms with Gasteiger partial charge in [0.1, 0.15) is 5.65 Å². The maximum atomic E-state index is 4.19. The second-order valence-corrected chi connectivity index (χ2v) is 2.59. The van der Waals surface area contributed by atoms with Crippen LogP contribution < -0.4 is 0 Å². The third-order valence-corrected chi connectivity index (χ3v) is 1.83. The van der Waals surface area contributed by atoms with Gasteiger partial charge in [0.25, 0.3) is 0 Å². The summed E-state index contributed by atoms with van der Waals surface area (Å²) < 4.78 is 0. The molecule has 0 saturated heterocycles. The number of pyridine rings is 1. The summed E-state index contributed by atoms with van der Waals surface area (Å²) in [6, 6.07) is 6.16. The molecule has 0 aliphatic rings. The van der Waals surface area contributed by atoms with Crippen LogP contribution in [0.3, 0.4) is 0 Å². The van der Waals surface area contributed by atoms with Gasteiger partial charge in [0.15, 0.2) is 0 Å². The molecular weight excluding hydrogens is 136 g/mol. The Labute approximate surface area is 65.3 Å². The van der Waals surface area contributed by atoms with Crippen molar-refractivity contribution in [2.75, 3.05) is 0 Å². The first-order chi connectivity index (χ1) is 5.40. The molecule has 2 nitrogen and oxygen atoms in total. The number of hydrogen-bond acceptors (Lipinski definition) is 1. The van der Waals surface area contributed by atoms with E-state index in [1.807, 2.05) is 6.07 Å². The van der Waals surface area contributed by atoms with Crippen LogP contribution in [0, 0.1) is 0 Å². The van der Waals surface area contributed by atoms with E-state index >= 15 is 0 Å². The summed E-state index contributed by atoms with van der Waals surface area (Å²) in [5, 5.41) is 1.20. The number of rotatable bonds is 1. The molecule has 2 rings (SSSR count). The number of hydrogen-bond donors (Lipinski definition) is 1. The maximum Gasteiger partial charge on any atom is 0.137 e. The van der Waals surface area contributed by atoms with Crippen molar-refractivity contribution in [1.29, 1.82) is 0 Å². The Balaban J connectivity index is 2.69. The molecule has 0 aliphatic heterocycles. The Morgan fingerprint density at radius 1 is 1.55 bits per heavy atom. The van der Waals surface area contributed by atoms with Crippen molar-refractivity contribution in [2.45, 2.75) is 13.3 Å². The van der Waals surface area contributed by atoms with Crippen LogP contribution in [-0.2, 0) is 6.42 Å². The summed E-state index contributed by atoms with van der Waals surface area (Å²) in [7, 11) is 0. The molecule has 0 radical (unpaired) electrons. The number of aromatic nitrogens is 2. The van der Waals surface area contributed by atoms with E-state index in [4.69, 9.17) is 0 Å². The highest BCUT2D eigenvalue weighted by Gasteiger charge is 1.96. The van der Waals surface area contributed by atoms with Crippen LogP contribution in [0.15, 0.2) is 24.4 Å². The minimum absolute atomic E-state index is 0.990. The predicted octanol–water partition coefficient (Wildman–Crippen LogP) is 2.13. The topological polar surface area (TPSA) is 28.7 Å². The molecule has 0 spiro atoms. The van der Waals surface area contributed by atoms with Crippen molar-refractivity contribution in [3.63, 3.8) is 0 Å². The lowest BCUT2D eigenvalue weighted by atomic mass is 10.3. The van der Waals surface area contributed by atoms with Crippen molar-refractivity contribution >= 4 is 11.0 Å².